The van der Waals surface area contributed by atoms with Crippen molar-refractivity contribution in [2.24, 2.45) is 0 Å². The second-order valence-electron chi connectivity index (χ2n) is 4.92. The van der Waals surface area contributed by atoms with Gasteiger partial charge in [0.1, 0.15) is 5.75 Å². The lowest BCUT2D eigenvalue weighted by molar-refractivity contribution is -0.115. The second-order valence-corrected chi connectivity index (χ2v) is 6.68. The molecule has 122 valence electrons. The SMILES string of the molecule is COc1cccc(NC(=O)CNS(=O)(=O)c2ccc(C)cc2)c1. The van der Waals surface area contributed by atoms with Crippen LogP contribution in [-0.2, 0) is 14.8 Å². The molecule has 0 aliphatic rings. The molecule has 0 aromatic heterocycles. The first-order chi connectivity index (χ1) is 10.9. The molecule has 2 N–H and O–H groups in total. The van der Waals surface area contributed by atoms with Crippen molar-refractivity contribution in [3.63, 3.8) is 0 Å². The molecule has 0 saturated carbocycles. The van der Waals surface area contributed by atoms with Crippen LogP contribution >= 0.6 is 0 Å². The summed E-state index contributed by atoms with van der Waals surface area (Å²) in [5, 5.41) is 2.60. The Labute approximate surface area is 135 Å². The average molecular weight is 334 g/mol. The number of carbonyl (C=O) groups is 1. The number of methoxy groups -OCH3 is 1. The molecular formula is C16H18N2O4S. The van der Waals surface area contributed by atoms with Gasteiger partial charge in [0.15, 0.2) is 0 Å². The molecule has 1 amide bonds. The summed E-state index contributed by atoms with van der Waals surface area (Å²) in [5.41, 5.74) is 1.49. The number of aryl methyl sites for hydroxylation is 1. The number of carbonyl (C=O) groups excluding carboxylic acids is 1. The molecule has 23 heavy (non-hydrogen) atoms. The van der Waals surface area contributed by atoms with E-state index in [2.05, 4.69) is 10.0 Å². The number of hydrogen-bond donors (Lipinski definition) is 2. The first-order valence-electron chi connectivity index (χ1n) is 6.91. The minimum Gasteiger partial charge on any atom is -0.497 e. The van der Waals surface area contributed by atoms with Crippen molar-refractivity contribution in [1.82, 2.24) is 4.72 Å². The van der Waals surface area contributed by atoms with Gasteiger partial charge in [-0.2, -0.15) is 0 Å². The number of anilines is 1. The van der Waals surface area contributed by atoms with Gasteiger partial charge < -0.3 is 10.1 Å². The molecular weight excluding hydrogens is 316 g/mol. The Bertz CT molecular complexity index is 786. The molecule has 0 aliphatic carbocycles. The molecule has 0 atom stereocenters. The molecule has 0 fully saturated rings. The average Bonchev–Trinajstić information content (AvgIpc) is 2.54. The summed E-state index contributed by atoms with van der Waals surface area (Å²) in [6.07, 6.45) is 0. The van der Waals surface area contributed by atoms with Gasteiger partial charge in [-0.1, -0.05) is 23.8 Å². The van der Waals surface area contributed by atoms with E-state index in [4.69, 9.17) is 4.74 Å². The Kier molecular flexibility index (Phi) is 5.36. The highest BCUT2D eigenvalue weighted by Gasteiger charge is 2.15. The van der Waals surface area contributed by atoms with E-state index in [0.29, 0.717) is 11.4 Å². The molecule has 0 unspecified atom stereocenters. The number of ether oxygens (including phenoxy) is 1. The summed E-state index contributed by atoms with van der Waals surface area (Å²) in [6, 6.07) is 13.2. The summed E-state index contributed by atoms with van der Waals surface area (Å²) in [4.78, 5) is 12.0. The fraction of sp³-hybridized carbons (Fsp3) is 0.188. The first kappa shape index (κ1) is 17.0. The third kappa shape index (κ3) is 4.80. The van der Waals surface area contributed by atoms with Gasteiger partial charge >= 0.3 is 0 Å². The van der Waals surface area contributed by atoms with Crippen molar-refractivity contribution in [1.29, 1.82) is 0 Å². The van der Waals surface area contributed by atoms with Gasteiger partial charge in [-0.15, -0.1) is 0 Å². The predicted octanol–water partition coefficient (Wildman–Crippen LogP) is 1.92. The highest BCUT2D eigenvalue weighted by Crippen LogP contribution is 2.16. The summed E-state index contributed by atoms with van der Waals surface area (Å²) in [5.74, 6) is 0.136. The molecule has 6 nitrogen and oxygen atoms in total. The van der Waals surface area contributed by atoms with Crippen molar-refractivity contribution >= 4 is 21.6 Å². The third-order valence-electron chi connectivity index (χ3n) is 3.11. The van der Waals surface area contributed by atoms with Gasteiger partial charge in [-0.25, -0.2) is 13.1 Å². The summed E-state index contributed by atoms with van der Waals surface area (Å²) in [7, 11) is -2.19. The van der Waals surface area contributed by atoms with Crippen molar-refractivity contribution < 1.29 is 17.9 Å². The Hall–Kier alpha value is -2.38. The molecule has 0 saturated heterocycles. The smallest absolute Gasteiger partial charge is 0.241 e. The number of amides is 1. The zero-order valence-electron chi connectivity index (χ0n) is 12.9. The van der Waals surface area contributed by atoms with Crippen LogP contribution in [0.3, 0.4) is 0 Å². The van der Waals surface area contributed by atoms with Crippen LogP contribution in [0.4, 0.5) is 5.69 Å². The van der Waals surface area contributed by atoms with Gasteiger partial charge in [0.25, 0.3) is 0 Å². The topological polar surface area (TPSA) is 84.5 Å². The second kappa shape index (κ2) is 7.26. The monoisotopic (exact) mass is 334 g/mol. The van der Waals surface area contributed by atoms with E-state index in [9.17, 15) is 13.2 Å². The van der Waals surface area contributed by atoms with Crippen LogP contribution in [0.15, 0.2) is 53.4 Å². The van der Waals surface area contributed by atoms with Gasteiger partial charge in [-0.05, 0) is 31.2 Å². The van der Waals surface area contributed by atoms with Crippen LogP contribution in [0.5, 0.6) is 5.75 Å². The molecule has 0 heterocycles. The van der Waals surface area contributed by atoms with Crippen molar-refractivity contribution in [2.75, 3.05) is 19.0 Å². The van der Waals surface area contributed by atoms with E-state index in [0.717, 1.165) is 5.56 Å². The van der Waals surface area contributed by atoms with Crippen LogP contribution in [0.25, 0.3) is 0 Å². The van der Waals surface area contributed by atoms with Gasteiger partial charge in [0, 0.05) is 11.8 Å². The molecule has 2 aromatic rings. The van der Waals surface area contributed by atoms with E-state index >= 15 is 0 Å². The van der Waals surface area contributed by atoms with Crippen molar-refractivity contribution in [2.45, 2.75) is 11.8 Å². The van der Waals surface area contributed by atoms with E-state index in [1.165, 1.54) is 19.2 Å². The number of rotatable bonds is 6. The number of benzene rings is 2. The van der Waals surface area contributed by atoms with Gasteiger partial charge in [-0.3, -0.25) is 4.79 Å². The quantitative estimate of drug-likeness (QED) is 0.845. The molecule has 2 aromatic carbocycles. The summed E-state index contributed by atoms with van der Waals surface area (Å²) in [6.45, 7) is 1.51. The van der Waals surface area contributed by atoms with E-state index in [-0.39, 0.29) is 11.4 Å². The minimum absolute atomic E-state index is 0.122. The minimum atomic E-state index is -3.71. The Morgan fingerprint density at radius 3 is 2.48 bits per heavy atom. The Balaban J connectivity index is 1.96. The number of hydrogen-bond acceptors (Lipinski definition) is 4. The maximum atomic E-state index is 12.1. The van der Waals surface area contributed by atoms with Crippen LogP contribution in [0, 0.1) is 6.92 Å². The molecule has 0 spiro atoms. The fourth-order valence-corrected chi connectivity index (χ4v) is 2.85. The fourth-order valence-electron chi connectivity index (χ4n) is 1.87. The predicted molar refractivity (Wildman–Crippen MR) is 88.0 cm³/mol. The van der Waals surface area contributed by atoms with Crippen LogP contribution in [-0.4, -0.2) is 28.0 Å². The number of nitrogens with one attached hydrogen (secondary N) is 2. The molecule has 0 aliphatic heterocycles. The van der Waals surface area contributed by atoms with E-state index < -0.39 is 15.9 Å². The van der Waals surface area contributed by atoms with E-state index in [1.54, 1.807) is 36.4 Å². The maximum Gasteiger partial charge on any atom is 0.241 e. The normalized spacial score (nSPS) is 11.0. The van der Waals surface area contributed by atoms with Crippen LogP contribution in [0.1, 0.15) is 5.56 Å². The van der Waals surface area contributed by atoms with Crippen molar-refractivity contribution in [3.8, 4) is 5.75 Å². The zero-order valence-corrected chi connectivity index (χ0v) is 13.7. The largest absolute Gasteiger partial charge is 0.497 e. The van der Waals surface area contributed by atoms with Gasteiger partial charge in [0.2, 0.25) is 15.9 Å². The standard InChI is InChI=1S/C16H18N2O4S/c1-12-6-8-15(9-7-12)23(20,21)17-11-16(19)18-13-4-3-5-14(10-13)22-2/h3-10,17H,11H2,1-2H3,(H,18,19). The molecule has 0 bridgehead atoms. The van der Waals surface area contributed by atoms with Crippen LogP contribution < -0.4 is 14.8 Å². The zero-order chi connectivity index (χ0) is 16.9. The molecule has 0 radical (unpaired) electrons. The van der Waals surface area contributed by atoms with E-state index in [1.807, 2.05) is 6.92 Å². The highest BCUT2D eigenvalue weighted by molar-refractivity contribution is 7.89. The molecule has 7 heteroatoms. The third-order valence-corrected chi connectivity index (χ3v) is 4.52. The lowest BCUT2D eigenvalue weighted by atomic mass is 10.2. The van der Waals surface area contributed by atoms with Gasteiger partial charge in [0.05, 0.1) is 18.6 Å². The van der Waals surface area contributed by atoms with Crippen molar-refractivity contribution in [3.05, 3.63) is 54.1 Å². The maximum absolute atomic E-state index is 12.1. The lowest BCUT2D eigenvalue weighted by Gasteiger charge is -2.09. The Morgan fingerprint density at radius 1 is 1.13 bits per heavy atom. The summed E-state index contributed by atoms with van der Waals surface area (Å²) >= 11 is 0. The van der Waals surface area contributed by atoms with Crippen LogP contribution in [0.2, 0.25) is 0 Å². The summed E-state index contributed by atoms with van der Waals surface area (Å²) < 4.78 is 31.5. The number of sulfonamides is 1. The molecule has 2 rings (SSSR count). The highest BCUT2D eigenvalue weighted by atomic mass is 32.2. The Morgan fingerprint density at radius 2 is 1.83 bits per heavy atom. The first-order valence-corrected chi connectivity index (χ1v) is 8.39. The lowest BCUT2D eigenvalue weighted by Crippen LogP contribution is -2.32.